The standard InChI is InChI=1S/C26H33N3O4S/c1-17-6-7-18(2)24(14-17)29-26(31)20-10-8-19(9-11-20)16-27-34(32,33)22-12-13-23-21(15-22)4-3-5-25(30)28-23/h6-7,12-15,19-20,27H,3-5,8-11,16H2,1-2H3,(H,28,30)(H,29,31). The zero-order valence-corrected chi connectivity index (χ0v) is 20.6. The molecule has 2 aliphatic rings. The number of sulfonamides is 1. The highest BCUT2D eigenvalue weighted by Gasteiger charge is 2.28. The molecule has 0 unspecified atom stereocenters. The van der Waals surface area contributed by atoms with Crippen molar-refractivity contribution in [2.75, 3.05) is 17.2 Å². The first-order valence-electron chi connectivity index (χ1n) is 12.0. The second-order valence-corrected chi connectivity index (χ2v) is 11.4. The van der Waals surface area contributed by atoms with Gasteiger partial charge in [-0.3, -0.25) is 9.59 Å². The van der Waals surface area contributed by atoms with Crippen molar-refractivity contribution < 1.29 is 18.0 Å². The van der Waals surface area contributed by atoms with Gasteiger partial charge in [-0.15, -0.1) is 0 Å². The lowest BCUT2D eigenvalue weighted by atomic mass is 9.81. The Hall–Kier alpha value is -2.71. The largest absolute Gasteiger partial charge is 0.326 e. The molecule has 1 saturated carbocycles. The van der Waals surface area contributed by atoms with E-state index in [0.717, 1.165) is 48.1 Å². The Balaban J connectivity index is 1.30. The molecule has 0 atom stereocenters. The van der Waals surface area contributed by atoms with E-state index < -0.39 is 10.0 Å². The van der Waals surface area contributed by atoms with Crippen molar-refractivity contribution in [3.05, 3.63) is 53.1 Å². The fourth-order valence-corrected chi connectivity index (χ4v) is 5.93. The highest BCUT2D eigenvalue weighted by atomic mass is 32.2. The molecule has 2 aromatic rings. The van der Waals surface area contributed by atoms with Gasteiger partial charge in [0.1, 0.15) is 0 Å². The van der Waals surface area contributed by atoms with Crippen LogP contribution in [0.4, 0.5) is 11.4 Å². The van der Waals surface area contributed by atoms with Crippen LogP contribution in [0.3, 0.4) is 0 Å². The summed E-state index contributed by atoms with van der Waals surface area (Å²) in [5, 5.41) is 5.90. The van der Waals surface area contributed by atoms with Crippen LogP contribution in [0.25, 0.3) is 0 Å². The van der Waals surface area contributed by atoms with Crippen molar-refractivity contribution in [2.45, 2.75) is 63.7 Å². The molecule has 1 aliphatic carbocycles. The molecular weight excluding hydrogens is 450 g/mol. The normalized spacial score (nSPS) is 20.7. The topological polar surface area (TPSA) is 104 Å². The summed E-state index contributed by atoms with van der Waals surface area (Å²) in [5.41, 5.74) is 4.56. The Kier molecular flexibility index (Phi) is 7.38. The van der Waals surface area contributed by atoms with Gasteiger partial charge in [0.2, 0.25) is 21.8 Å². The van der Waals surface area contributed by atoms with E-state index in [1.807, 2.05) is 32.0 Å². The van der Waals surface area contributed by atoms with Crippen LogP contribution in [0, 0.1) is 25.7 Å². The molecular formula is C26H33N3O4S. The monoisotopic (exact) mass is 483 g/mol. The Morgan fingerprint density at radius 2 is 1.79 bits per heavy atom. The molecule has 182 valence electrons. The molecule has 7 nitrogen and oxygen atoms in total. The fourth-order valence-electron chi connectivity index (χ4n) is 4.76. The van der Waals surface area contributed by atoms with Crippen molar-refractivity contribution in [1.82, 2.24) is 4.72 Å². The number of carbonyl (C=O) groups is 2. The van der Waals surface area contributed by atoms with Crippen molar-refractivity contribution in [1.29, 1.82) is 0 Å². The summed E-state index contributed by atoms with van der Waals surface area (Å²) in [5.74, 6) is 0.169. The summed E-state index contributed by atoms with van der Waals surface area (Å²) in [6, 6.07) is 10.9. The zero-order valence-electron chi connectivity index (χ0n) is 19.8. The van der Waals surface area contributed by atoms with E-state index in [2.05, 4.69) is 15.4 Å². The number of aryl methyl sites for hydroxylation is 3. The van der Waals surface area contributed by atoms with E-state index in [1.165, 1.54) is 0 Å². The summed E-state index contributed by atoms with van der Waals surface area (Å²) in [7, 11) is -3.64. The van der Waals surface area contributed by atoms with Crippen molar-refractivity contribution >= 4 is 33.2 Å². The number of nitrogens with one attached hydrogen (secondary N) is 3. The zero-order chi connectivity index (χ0) is 24.3. The first-order chi connectivity index (χ1) is 16.2. The number of rotatable bonds is 6. The van der Waals surface area contributed by atoms with Gasteiger partial charge in [-0.2, -0.15) is 0 Å². The van der Waals surface area contributed by atoms with Gasteiger partial charge >= 0.3 is 0 Å². The Morgan fingerprint density at radius 1 is 1.03 bits per heavy atom. The minimum absolute atomic E-state index is 0.0363. The van der Waals surface area contributed by atoms with E-state index >= 15 is 0 Å². The van der Waals surface area contributed by atoms with Gasteiger partial charge in [0.05, 0.1) is 4.90 Å². The average molecular weight is 484 g/mol. The number of fused-ring (bicyclic) bond motifs is 1. The summed E-state index contributed by atoms with van der Waals surface area (Å²) >= 11 is 0. The third-order valence-corrected chi connectivity index (χ3v) is 8.36. The molecule has 4 rings (SSSR count). The van der Waals surface area contributed by atoms with Crippen LogP contribution in [0.5, 0.6) is 0 Å². The van der Waals surface area contributed by atoms with Crippen molar-refractivity contribution in [3.8, 4) is 0 Å². The smallest absolute Gasteiger partial charge is 0.240 e. The maximum Gasteiger partial charge on any atom is 0.240 e. The predicted molar refractivity (Wildman–Crippen MR) is 133 cm³/mol. The molecule has 0 aromatic heterocycles. The van der Waals surface area contributed by atoms with Gasteiger partial charge in [0, 0.05) is 30.3 Å². The minimum atomic E-state index is -3.64. The summed E-state index contributed by atoms with van der Waals surface area (Å²) < 4.78 is 28.5. The van der Waals surface area contributed by atoms with Crippen LogP contribution in [0.2, 0.25) is 0 Å². The molecule has 1 fully saturated rings. The van der Waals surface area contributed by atoms with Gasteiger partial charge in [-0.25, -0.2) is 13.1 Å². The lowest BCUT2D eigenvalue weighted by Crippen LogP contribution is -2.33. The van der Waals surface area contributed by atoms with E-state index in [0.29, 0.717) is 31.5 Å². The highest BCUT2D eigenvalue weighted by molar-refractivity contribution is 7.89. The van der Waals surface area contributed by atoms with Crippen LogP contribution in [0.1, 0.15) is 55.2 Å². The number of anilines is 2. The van der Waals surface area contributed by atoms with Crippen LogP contribution in [0.15, 0.2) is 41.3 Å². The molecule has 2 aromatic carbocycles. The van der Waals surface area contributed by atoms with Crippen LogP contribution >= 0.6 is 0 Å². The molecule has 3 N–H and O–H groups in total. The van der Waals surface area contributed by atoms with Crippen LogP contribution in [-0.4, -0.2) is 26.8 Å². The van der Waals surface area contributed by atoms with Gasteiger partial charge in [-0.05, 0) is 99.2 Å². The van der Waals surface area contributed by atoms with Gasteiger partial charge in [0.25, 0.3) is 0 Å². The number of benzene rings is 2. The van der Waals surface area contributed by atoms with Gasteiger partial charge < -0.3 is 10.6 Å². The lowest BCUT2D eigenvalue weighted by Gasteiger charge is -2.28. The van der Waals surface area contributed by atoms with Crippen LogP contribution in [-0.2, 0) is 26.0 Å². The maximum atomic E-state index is 12.9. The molecule has 1 aliphatic heterocycles. The molecule has 1 heterocycles. The molecule has 0 bridgehead atoms. The molecule has 0 spiro atoms. The van der Waals surface area contributed by atoms with Crippen molar-refractivity contribution in [2.24, 2.45) is 11.8 Å². The fraction of sp³-hybridized carbons (Fsp3) is 0.462. The van der Waals surface area contributed by atoms with E-state index in [4.69, 9.17) is 0 Å². The SMILES string of the molecule is Cc1ccc(C)c(NC(=O)C2CCC(CNS(=O)(=O)c3ccc4c(c3)CCCC(=O)N4)CC2)c1. The Labute approximate surface area is 201 Å². The van der Waals surface area contributed by atoms with Gasteiger partial charge in [0.15, 0.2) is 0 Å². The molecule has 2 amide bonds. The average Bonchev–Trinajstić information content (AvgIpc) is 3.00. The quantitative estimate of drug-likeness (QED) is 0.570. The minimum Gasteiger partial charge on any atom is -0.326 e. The van der Waals surface area contributed by atoms with E-state index in [1.54, 1.807) is 18.2 Å². The van der Waals surface area contributed by atoms with E-state index in [-0.39, 0.29) is 28.5 Å². The number of carbonyl (C=O) groups excluding carboxylic acids is 2. The summed E-state index contributed by atoms with van der Waals surface area (Å²) in [6.45, 7) is 4.35. The van der Waals surface area contributed by atoms with E-state index in [9.17, 15) is 18.0 Å². The second-order valence-electron chi connectivity index (χ2n) is 9.60. The first-order valence-corrected chi connectivity index (χ1v) is 13.5. The third kappa shape index (κ3) is 5.85. The summed E-state index contributed by atoms with van der Waals surface area (Å²) in [4.78, 5) is 24.7. The Morgan fingerprint density at radius 3 is 2.56 bits per heavy atom. The lowest BCUT2D eigenvalue weighted by molar-refractivity contribution is -0.121. The van der Waals surface area contributed by atoms with Crippen LogP contribution < -0.4 is 15.4 Å². The molecule has 0 radical (unpaired) electrons. The predicted octanol–water partition coefficient (Wildman–Crippen LogP) is 4.30. The highest BCUT2D eigenvalue weighted by Crippen LogP contribution is 2.31. The van der Waals surface area contributed by atoms with Gasteiger partial charge in [-0.1, -0.05) is 12.1 Å². The number of amides is 2. The molecule has 0 saturated heterocycles. The molecule has 8 heteroatoms. The maximum absolute atomic E-state index is 12.9. The first kappa shape index (κ1) is 24.4. The third-order valence-electron chi connectivity index (χ3n) is 6.94. The summed E-state index contributed by atoms with van der Waals surface area (Å²) in [6.07, 6.45) is 4.94. The number of hydrogen-bond acceptors (Lipinski definition) is 4. The van der Waals surface area contributed by atoms with Crippen molar-refractivity contribution in [3.63, 3.8) is 0 Å². The Bertz CT molecular complexity index is 1180. The second kappa shape index (κ2) is 10.3. The molecule has 34 heavy (non-hydrogen) atoms. The number of hydrogen-bond donors (Lipinski definition) is 3.